The van der Waals surface area contributed by atoms with Gasteiger partial charge in [-0.05, 0) is 31.0 Å². The fourth-order valence-electron chi connectivity index (χ4n) is 3.47. The van der Waals surface area contributed by atoms with E-state index in [-0.39, 0.29) is 6.04 Å². The Balaban J connectivity index is 1.52. The van der Waals surface area contributed by atoms with Gasteiger partial charge < -0.3 is 16.4 Å². The first-order chi connectivity index (χ1) is 14.3. The van der Waals surface area contributed by atoms with Crippen molar-refractivity contribution in [3.63, 3.8) is 0 Å². The number of nitrogens with zero attached hydrogens (tertiary/aromatic N) is 3. The lowest BCUT2D eigenvalue weighted by atomic mass is 10.1. The second-order valence-corrected chi connectivity index (χ2v) is 10.1. The highest BCUT2D eigenvalue weighted by molar-refractivity contribution is 7.88. The molecule has 0 saturated carbocycles. The summed E-state index contributed by atoms with van der Waals surface area (Å²) in [6.07, 6.45) is 3.94. The summed E-state index contributed by atoms with van der Waals surface area (Å²) >= 11 is 1.55. The van der Waals surface area contributed by atoms with E-state index in [1.54, 1.807) is 22.9 Å². The molecule has 1 fully saturated rings. The Morgan fingerprint density at radius 2 is 2.00 bits per heavy atom. The quantitative estimate of drug-likeness (QED) is 0.530. The fourth-order valence-corrected chi connectivity index (χ4v) is 5.06. The second kappa shape index (κ2) is 8.17. The van der Waals surface area contributed by atoms with Crippen molar-refractivity contribution in [3.8, 4) is 0 Å². The normalized spacial score (nSPS) is 15.9. The number of aromatic nitrogens is 2. The molecule has 3 aromatic rings. The summed E-state index contributed by atoms with van der Waals surface area (Å²) in [5.41, 5.74) is 9.99. The SMILES string of the molecule is CS(=O)(=O)N1CCC(Nc2cc(Nc3ccc4ncsc4c3)ncc2C(N)=O)CC1. The Morgan fingerprint density at radius 1 is 1.23 bits per heavy atom. The molecule has 1 aliphatic heterocycles. The smallest absolute Gasteiger partial charge is 0.252 e. The first kappa shape index (κ1) is 20.5. The molecule has 1 aromatic carbocycles. The summed E-state index contributed by atoms with van der Waals surface area (Å²) in [5.74, 6) is -0.00358. The predicted molar refractivity (Wildman–Crippen MR) is 119 cm³/mol. The van der Waals surface area contributed by atoms with Gasteiger partial charge in [0.05, 0.1) is 33.2 Å². The Hall–Kier alpha value is -2.76. The van der Waals surface area contributed by atoms with Crippen molar-refractivity contribution in [2.75, 3.05) is 30.0 Å². The highest BCUT2D eigenvalue weighted by atomic mass is 32.2. The van der Waals surface area contributed by atoms with Crippen molar-refractivity contribution >= 4 is 54.7 Å². The van der Waals surface area contributed by atoms with Gasteiger partial charge in [0.15, 0.2) is 0 Å². The predicted octanol–water partition coefficient (Wildman–Crippen LogP) is 2.37. The van der Waals surface area contributed by atoms with E-state index in [1.165, 1.54) is 16.8 Å². The number of hydrogen-bond donors (Lipinski definition) is 3. The number of thiazole rings is 1. The Morgan fingerprint density at radius 3 is 2.70 bits per heavy atom. The molecule has 1 saturated heterocycles. The summed E-state index contributed by atoms with van der Waals surface area (Å²) in [4.78, 5) is 20.4. The zero-order valence-corrected chi connectivity index (χ0v) is 18.0. The minimum Gasteiger partial charge on any atom is -0.381 e. The van der Waals surface area contributed by atoms with Crippen LogP contribution in [0.25, 0.3) is 10.2 Å². The van der Waals surface area contributed by atoms with Gasteiger partial charge in [-0.2, -0.15) is 0 Å². The molecule has 2 aromatic heterocycles. The molecule has 4 N–H and O–H groups in total. The molecule has 1 amide bonds. The van der Waals surface area contributed by atoms with E-state index >= 15 is 0 Å². The second-order valence-electron chi connectivity index (χ2n) is 7.22. The van der Waals surface area contributed by atoms with Crippen LogP contribution in [0.1, 0.15) is 23.2 Å². The number of carbonyl (C=O) groups is 1. The minimum absolute atomic E-state index is 0.0323. The maximum atomic E-state index is 11.9. The average molecular weight is 447 g/mol. The number of sulfonamides is 1. The van der Waals surface area contributed by atoms with Crippen molar-refractivity contribution in [2.24, 2.45) is 5.73 Å². The van der Waals surface area contributed by atoms with Crippen LogP contribution >= 0.6 is 11.3 Å². The molecule has 0 spiro atoms. The molecular formula is C19H22N6O3S2. The lowest BCUT2D eigenvalue weighted by Crippen LogP contribution is -2.42. The van der Waals surface area contributed by atoms with Gasteiger partial charge >= 0.3 is 0 Å². The van der Waals surface area contributed by atoms with Gasteiger partial charge in [-0.15, -0.1) is 11.3 Å². The van der Waals surface area contributed by atoms with E-state index < -0.39 is 15.9 Å². The van der Waals surface area contributed by atoms with Crippen molar-refractivity contribution in [3.05, 3.63) is 41.5 Å². The van der Waals surface area contributed by atoms with Crippen LogP contribution in [0, 0.1) is 0 Å². The van der Waals surface area contributed by atoms with Gasteiger partial charge in [-0.1, -0.05) is 0 Å². The van der Waals surface area contributed by atoms with Crippen LogP contribution in [-0.2, 0) is 10.0 Å². The number of amides is 1. The molecule has 0 aliphatic carbocycles. The van der Waals surface area contributed by atoms with E-state index in [2.05, 4.69) is 20.6 Å². The van der Waals surface area contributed by atoms with Crippen molar-refractivity contribution in [2.45, 2.75) is 18.9 Å². The summed E-state index contributed by atoms with van der Waals surface area (Å²) in [5, 5.41) is 6.59. The van der Waals surface area contributed by atoms with Crippen LogP contribution in [0.3, 0.4) is 0 Å². The first-order valence-corrected chi connectivity index (χ1v) is 12.1. The van der Waals surface area contributed by atoms with E-state index in [0.29, 0.717) is 43.0 Å². The number of nitrogens with one attached hydrogen (secondary N) is 2. The molecule has 0 radical (unpaired) electrons. The number of fused-ring (bicyclic) bond motifs is 1. The molecule has 3 heterocycles. The molecule has 0 atom stereocenters. The molecule has 11 heteroatoms. The number of rotatable bonds is 6. The molecule has 0 unspecified atom stereocenters. The van der Waals surface area contributed by atoms with Gasteiger partial charge in [-0.25, -0.2) is 22.7 Å². The molecule has 9 nitrogen and oxygen atoms in total. The fraction of sp³-hybridized carbons (Fsp3) is 0.316. The van der Waals surface area contributed by atoms with Crippen LogP contribution < -0.4 is 16.4 Å². The van der Waals surface area contributed by atoms with E-state index in [0.717, 1.165) is 15.9 Å². The molecule has 30 heavy (non-hydrogen) atoms. The van der Waals surface area contributed by atoms with E-state index in [4.69, 9.17) is 5.73 Å². The zero-order chi connectivity index (χ0) is 21.3. The number of anilines is 3. The van der Waals surface area contributed by atoms with E-state index in [9.17, 15) is 13.2 Å². The van der Waals surface area contributed by atoms with Gasteiger partial charge in [0.1, 0.15) is 5.82 Å². The van der Waals surface area contributed by atoms with Crippen LogP contribution in [0.4, 0.5) is 17.2 Å². The first-order valence-electron chi connectivity index (χ1n) is 9.41. The number of carbonyl (C=O) groups excluding carboxylic acids is 1. The summed E-state index contributed by atoms with van der Waals surface area (Å²) in [7, 11) is -3.19. The average Bonchev–Trinajstić information content (AvgIpc) is 3.15. The lowest BCUT2D eigenvalue weighted by Gasteiger charge is -2.31. The number of primary amides is 1. The number of piperidine rings is 1. The van der Waals surface area contributed by atoms with Crippen LogP contribution in [0.15, 0.2) is 36.0 Å². The summed E-state index contributed by atoms with van der Waals surface area (Å²) in [6, 6.07) is 7.62. The standard InChI is InChI=1S/C19H22N6O3S2/c1-30(27,28)25-6-4-12(5-7-25)23-16-9-18(21-10-14(16)19(20)26)24-13-2-3-15-17(8-13)29-11-22-15/h2-3,8-12H,4-7H2,1H3,(H2,20,26)(H2,21,23,24). The maximum Gasteiger partial charge on any atom is 0.252 e. The number of hydrogen-bond acceptors (Lipinski definition) is 8. The number of nitrogens with two attached hydrogens (primary N) is 1. The number of benzene rings is 1. The zero-order valence-electron chi connectivity index (χ0n) is 16.3. The molecule has 4 rings (SSSR count). The maximum absolute atomic E-state index is 11.9. The minimum atomic E-state index is -3.19. The monoisotopic (exact) mass is 446 g/mol. The van der Waals surface area contributed by atoms with Crippen molar-refractivity contribution in [1.82, 2.24) is 14.3 Å². The highest BCUT2D eigenvalue weighted by Crippen LogP contribution is 2.27. The highest BCUT2D eigenvalue weighted by Gasteiger charge is 2.25. The third-order valence-corrected chi connectivity index (χ3v) is 7.15. The van der Waals surface area contributed by atoms with E-state index in [1.807, 2.05) is 18.2 Å². The number of pyridine rings is 1. The topological polar surface area (TPSA) is 130 Å². The van der Waals surface area contributed by atoms with Crippen LogP contribution in [-0.4, -0.2) is 54.0 Å². The Kier molecular flexibility index (Phi) is 5.58. The van der Waals surface area contributed by atoms with Crippen molar-refractivity contribution < 1.29 is 13.2 Å². The van der Waals surface area contributed by atoms with Gasteiger partial charge in [0.25, 0.3) is 5.91 Å². The third kappa shape index (κ3) is 4.53. The third-order valence-electron chi connectivity index (χ3n) is 5.06. The lowest BCUT2D eigenvalue weighted by molar-refractivity contribution is 0.100. The van der Waals surface area contributed by atoms with Crippen LogP contribution in [0.2, 0.25) is 0 Å². The molecule has 158 valence electrons. The van der Waals surface area contributed by atoms with Gasteiger partial charge in [-0.3, -0.25) is 4.79 Å². The summed E-state index contributed by atoms with van der Waals surface area (Å²) < 4.78 is 25.9. The summed E-state index contributed by atoms with van der Waals surface area (Å²) in [6.45, 7) is 0.876. The molecule has 0 bridgehead atoms. The molecular weight excluding hydrogens is 424 g/mol. The largest absolute Gasteiger partial charge is 0.381 e. The van der Waals surface area contributed by atoms with Gasteiger partial charge in [0.2, 0.25) is 10.0 Å². The van der Waals surface area contributed by atoms with Gasteiger partial charge in [0, 0.05) is 37.1 Å². The van der Waals surface area contributed by atoms with Crippen LogP contribution in [0.5, 0.6) is 0 Å². The Bertz CT molecular complexity index is 1190. The van der Waals surface area contributed by atoms with Crippen molar-refractivity contribution in [1.29, 1.82) is 0 Å². The molecule has 1 aliphatic rings. The Labute approximate surface area is 178 Å².